The first-order chi connectivity index (χ1) is 13.7. The lowest BCUT2D eigenvalue weighted by Crippen LogP contribution is -2.22. The van der Waals surface area contributed by atoms with Gasteiger partial charge in [-0.25, -0.2) is 12.8 Å². The number of halogens is 1. The number of amides is 1. The van der Waals surface area contributed by atoms with E-state index in [0.717, 1.165) is 10.4 Å². The van der Waals surface area contributed by atoms with E-state index in [9.17, 15) is 17.6 Å². The van der Waals surface area contributed by atoms with Crippen LogP contribution in [-0.4, -0.2) is 19.6 Å². The van der Waals surface area contributed by atoms with Gasteiger partial charge in [0.1, 0.15) is 5.82 Å². The van der Waals surface area contributed by atoms with Crippen LogP contribution in [0, 0.1) is 5.82 Å². The fourth-order valence-corrected chi connectivity index (χ4v) is 4.35. The van der Waals surface area contributed by atoms with E-state index in [1.54, 1.807) is 44.2 Å². The molecule has 0 aliphatic carbocycles. The zero-order valence-electron chi connectivity index (χ0n) is 16.2. The van der Waals surface area contributed by atoms with E-state index in [4.69, 9.17) is 0 Å². The molecule has 0 saturated carbocycles. The van der Waals surface area contributed by atoms with Crippen molar-refractivity contribution in [1.29, 1.82) is 0 Å². The number of sulfonamides is 1. The first kappa shape index (κ1) is 21.0. The van der Waals surface area contributed by atoms with Crippen LogP contribution in [0.15, 0.2) is 53.9 Å². The van der Waals surface area contributed by atoms with E-state index in [0.29, 0.717) is 22.5 Å². The Balaban J connectivity index is 1.87. The predicted molar refractivity (Wildman–Crippen MR) is 117 cm³/mol. The highest BCUT2D eigenvalue weighted by Crippen LogP contribution is 2.36. The maximum Gasteiger partial charge on any atom is 0.235 e. The van der Waals surface area contributed by atoms with E-state index in [2.05, 4.69) is 10.0 Å². The third-order valence-electron chi connectivity index (χ3n) is 4.29. The van der Waals surface area contributed by atoms with Gasteiger partial charge < -0.3 is 5.32 Å². The Bertz CT molecular complexity index is 1140. The third kappa shape index (κ3) is 4.83. The summed E-state index contributed by atoms with van der Waals surface area (Å²) in [5.41, 5.74) is 2.86. The van der Waals surface area contributed by atoms with E-state index >= 15 is 0 Å². The van der Waals surface area contributed by atoms with Gasteiger partial charge in [0, 0.05) is 18.2 Å². The van der Waals surface area contributed by atoms with E-state index in [1.165, 1.54) is 24.3 Å². The molecule has 8 heteroatoms. The monoisotopic (exact) mass is 432 g/mol. The highest BCUT2D eigenvalue weighted by molar-refractivity contribution is 7.93. The van der Waals surface area contributed by atoms with Crippen LogP contribution in [0.5, 0.6) is 0 Å². The van der Waals surface area contributed by atoms with E-state index in [1.807, 2.05) is 17.5 Å². The summed E-state index contributed by atoms with van der Waals surface area (Å²) in [7, 11) is -3.44. The second-order valence-electron chi connectivity index (χ2n) is 6.81. The number of anilines is 2. The minimum Gasteiger partial charge on any atom is -0.326 e. The molecular weight excluding hydrogens is 411 g/mol. The second kappa shape index (κ2) is 8.34. The first-order valence-corrected chi connectivity index (χ1v) is 11.4. The van der Waals surface area contributed by atoms with E-state index < -0.39 is 21.1 Å². The Morgan fingerprint density at radius 1 is 1.03 bits per heavy atom. The maximum absolute atomic E-state index is 14.5. The minimum atomic E-state index is -3.44. The number of carbonyl (C=O) groups excluding carboxylic acids is 1. The van der Waals surface area contributed by atoms with Gasteiger partial charge >= 0.3 is 0 Å². The van der Waals surface area contributed by atoms with Crippen molar-refractivity contribution in [2.45, 2.75) is 26.0 Å². The number of hydrogen-bond acceptors (Lipinski definition) is 4. The summed E-state index contributed by atoms with van der Waals surface area (Å²) in [5.74, 6) is -0.702. The summed E-state index contributed by atoms with van der Waals surface area (Å²) in [6.45, 7) is 4.61. The Hall–Kier alpha value is -2.71. The average molecular weight is 433 g/mol. The highest BCUT2D eigenvalue weighted by atomic mass is 32.2. The zero-order valence-corrected chi connectivity index (χ0v) is 17.8. The number of thiophene rings is 1. The van der Waals surface area contributed by atoms with Gasteiger partial charge in [-0.3, -0.25) is 9.52 Å². The van der Waals surface area contributed by atoms with Crippen molar-refractivity contribution in [3.05, 3.63) is 59.7 Å². The molecule has 0 unspecified atom stereocenters. The quantitative estimate of drug-likeness (QED) is 0.553. The molecule has 0 aliphatic heterocycles. The Labute approximate surface area is 173 Å². The van der Waals surface area contributed by atoms with Crippen molar-refractivity contribution in [3.8, 4) is 21.6 Å². The molecule has 3 rings (SSSR count). The lowest BCUT2D eigenvalue weighted by molar-refractivity contribution is -0.114. The molecule has 0 bridgehead atoms. The van der Waals surface area contributed by atoms with Gasteiger partial charge in [0.15, 0.2) is 0 Å². The lowest BCUT2D eigenvalue weighted by Gasteiger charge is -2.12. The molecule has 1 aromatic heterocycles. The lowest BCUT2D eigenvalue weighted by atomic mass is 10.0. The van der Waals surface area contributed by atoms with Crippen molar-refractivity contribution < 1.29 is 17.6 Å². The molecule has 3 aromatic rings. The number of benzene rings is 2. The number of hydrogen-bond donors (Lipinski definition) is 2. The molecule has 29 heavy (non-hydrogen) atoms. The van der Waals surface area contributed by atoms with Crippen molar-refractivity contribution >= 4 is 38.6 Å². The van der Waals surface area contributed by atoms with Crippen LogP contribution in [0.2, 0.25) is 0 Å². The fourth-order valence-electron chi connectivity index (χ4n) is 2.72. The summed E-state index contributed by atoms with van der Waals surface area (Å²) < 4.78 is 41.4. The second-order valence-corrected chi connectivity index (χ2v) is 9.97. The summed E-state index contributed by atoms with van der Waals surface area (Å²) in [6, 6.07) is 13.5. The Morgan fingerprint density at radius 2 is 1.69 bits per heavy atom. The maximum atomic E-state index is 14.5. The number of rotatable bonds is 6. The number of carbonyl (C=O) groups is 1. The molecule has 1 amide bonds. The molecule has 152 valence electrons. The van der Waals surface area contributed by atoms with Crippen molar-refractivity contribution in [2.75, 3.05) is 10.0 Å². The van der Waals surface area contributed by atoms with Gasteiger partial charge in [0.2, 0.25) is 15.9 Å². The number of nitrogens with one attached hydrogen (secondary N) is 2. The average Bonchev–Trinajstić information content (AvgIpc) is 3.09. The molecule has 0 fully saturated rings. The van der Waals surface area contributed by atoms with Gasteiger partial charge in [-0.1, -0.05) is 24.3 Å². The minimum absolute atomic E-state index is 0.263. The van der Waals surface area contributed by atoms with Gasteiger partial charge in [0.05, 0.1) is 15.8 Å². The van der Waals surface area contributed by atoms with Crippen LogP contribution >= 0.6 is 11.3 Å². The van der Waals surface area contributed by atoms with Gasteiger partial charge in [-0.2, -0.15) is 0 Å². The standard InChI is InChI=1S/C21H21FN2O3S2/c1-13(2)29(26,27)24-20-10-11-28-21(20)16-6-4-15(5-7-16)18-9-8-17(12-19(18)22)23-14(3)25/h4-13,24H,1-3H3,(H,23,25). The molecular formula is C21H21FN2O3S2. The highest BCUT2D eigenvalue weighted by Gasteiger charge is 2.18. The SMILES string of the molecule is CC(=O)Nc1ccc(-c2ccc(-c3sccc3NS(=O)(=O)C(C)C)cc2)c(F)c1. The molecule has 0 saturated heterocycles. The van der Waals surface area contributed by atoms with Crippen molar-refractivity contribution in [2.24, 2.45) is 0 Å². The van der Waals surface area contributed by atoms with Gasteiger partial charge in [0.25, 0.3) is 0 Å². The normalized spacial score (nSPS) is 11.5. The third-order valence-corrected chi connectivity index (χ3v) is 6.99. The van der Waals surface area contributed by atoms with Crippen LogP contribution in [0.1, 0.15) is 20.8 Å². The summed E-state index contributed by atoms with van der Waals surface area (Å²) in [4.78, 5) is 11.9. The summed E-state index contributed by atoms with van der Waals surface area (Å²) >= 11 is 1.43. The predicted octanol–water partition coefficient (Wildman–Crippen LogP) is 5.33. The van der Waals surface area contributed by atoms with Gasteiger partial charge in [-0.15, -0.1) is 11.3 Å². The molecule has 5 nitrogen and oxygen atoms in total. The van der Waals surface area contributed by atoms with Crippen LogP contribution in [0.4, 0.5) is 15.8 Å². The van der Waals surface area contributed by atoms with Crippen molar-refractivity contribution in [1.82, 2.24) is 0 Å². The topological polar surface area (TPSA) is 75.3 Å². The molecule has 0 spiro atoms. The largest absolute Gasteiger partial charge is 0.326 e. The molecule has 2 N–H and O–H groups in total. The zero-order chi connectivity index (χ0) is 21.2. The van der Waals surface area contributed by atoms with Crippen LogP contribution in [-0.2, 0) is 14.8 Å². The Kier molecular flexibility index (Phi) is 6.04. The Morgan fingerprint density at radius 3 is 2.28 bits per heavy atom. The van der Waals surface area contributed by atoms with Crippen LogP contribution < -0.4 is 10.0 Å². The summed E-state index contributed by atoms with van der Waals surface area (Å²) in [6.07, 6.45) is 0. The van der Waals surface area contributed by atoms with Crippen LogP contribution in [0.3, 0.4) is 0 Å². The van der Waals surface area contributed by atoms with Crippen LogP contribution in [0.25, 0.3) is 21.6 Å². The van der Waals surface area contributed by atoms with Gasteiger partial charge in [-0.05, 0) is 54.6 Å². The van der Waals surface area contributed by atoms with E-state index in [-0.39, 0.29) is 5.91 Å². The first-order valence-electron chi connectivity index (χ1n) is 8.94. The fraction of sp³-hybridized carbons (Fsp3) is 0.190. The molecule has 0 atom stereocenters. The molecule has 1 heterocycles. The summed E-state index contributed by atoms with van der Waals surface area (Å²) in [5, 5.41) is 3.83. The molecule has 0 aliphatic rings. The molecule has 0 radical (unpaired) electrons. The molecule has 2 aromatic carbocycles. The van der Waals surface area contributed by atoms with Crippen molar-refractivity contribution in [3.63, 3.8) is 0 Å². The smallest absolute Gasteiger partial charge is 0.235 e.